The molecule has 0 aliphatic heterocycles. The molecule has 0 amide bonds. The molecule has 14 heavy (non-hydrogen) atoms. The Kier molecular flexibility index (Phi) is 4.73. The van der Waals surface area contributed by atoms with E-state index >= 15 is 0 Å². The van der Waals surface area contributed by atoms with E-state index in [0.29, 0.717) is 0 Å². The first-order valence-electron chi connectivity index (χ1n) is 5.12. The molecular formula is C9H17N3O2. The van der Waals surface area contributed by atoms with Crippen LogP contribution in [0.5, 0.6) is 0 Å². The second kappa shape index (κ2) is 5.86. The fourth-order valence-corrected chi connectivity index (χ4v) is 2.07. The summed E-state index contributed by atoms with van der Waals surface area (Å²) < 4.78 is 0. The van der Waals surface area contributed by atoms with Gasteiger partial charge in [-0.15, -0.1) is 0 Å². The molecule has 1 rings (SSSR count). The molecule has 0 aromatic heterocycles. The second-order valence-electron chi connectivity index (χ2n) is 3.84. The van der Waals surface area contributed by atoms with Crippen molar-refractivity contribution < 1.29 is 10.2 Å². The summed E-state index contributed by atoms with van der Waals surface area (Å²) in [4.78, 5) is 2.63. The molecule has 0 radical (unpaired) electrons. The molecule has 1 aliphatic carbocycles. The highest BCUT2D eigenvalue weighted by Crippen LogP contribution is 2.28. The van der Waals surface area contributed by atoms with Crippen LogP contribution in [0.4, 0.5) is 0 Å². The summed E-state index contributed by atoms with van der Waals surface area (Å²) in [6, 6.07) is -0.678. The lowest BCUT2D eigenvalue weighted by Crippen LogP contribution is -2.35. The lowest BCUT2D eigenvalue weighted by Gasteiger charge is -2.29. The number of rotatable bonds is 4. The molecule has 0 aromatic rings. The third kappa shape index (κ3) is 2.87. The number of azide groups is 1. The molecule has 0 spiro atoms. The van der Waals surface area contributed by atoms with Crippen molar-refractivity contribution in [1.82, 2.24) is 0 Å². The minimum atomic E-state index is -0.684. The van der Waals surface area contributed by atoms with Crippen LogP contribution < -0.4 is 0 Å². The summed E-state index contributed by atoms with van der Waals surface area (Å²) in [5, 5.41) is 22.2. The van der Waals surface area contributed by atoms with Crippen LogP contribution in [0.1, 0.15) is 32.1 Å². The molecule has 0 unspecified atom stereocenters. The SMILES string of the molecule is [N-]=[N+]=N[C@@H](CO)[C@H](O)C1CCCCC1. The van der Waals surface area contributed by atoms with Crippen molar-refractivity contribution in [1.29, 1.82) is 0 Å². The van der Waals surface area contributed by atoms with Gasteiger partial charge in [0.15, 0.2) is 0 Å². The number of aliphatic hydroxyl groups is 2. The molecule has 2 atom stereocenters. The molecule has 0 bridgehead atoms. The zero-order chi connectivity index (χ0) is 10.4. The third-order valence-electron chi connectivity index (χ3n) is 2.91. The van der Waals surface area contributed by atoms with Gasteiger partial charge in [-0.2, -0.15) is 0 Å². The molecule has 80 valence electrons. The first kappa shape index (κ1) is 11.3. The average molecular weight is 199 g/mol. The molecule has 0 heterocycles. The Morgan fingerprint density at radius 2 is 2.00 bits per heavy atom. The highest BCUT2D eigenvalue weighted by molar-refractivity contribution is 4.83. The highest BCUT2D eigenvalue weighted by atomic mass is 16.3. The zero-order valence-electron chi connectivity index (χ0n) is 8.21. The number of aliphatic hydroxyl groups excluding tert-OH is 2. The molecule has 2 N–H and O–H groups in total. The minimum Gasteiger partial charge on any atom is -0.396 e. The monoisotopic (exact) mass is 199 g/mol. The van der Waals surface area contributed by atoms with Crippen LogP contribution in [-0.2, 0) is 0 Å². The van der Waals surface area contributed by atoms with Crippen LogP contribution in [0.25, 0.3) is 10.4 Å². The van der Waals surface area contributed by atoms with E-state index in [1.807, 2.05) is 0 Å². The Morgan fingerprint density at radius 3 is 2.50 bits per heavy atom. The molecule has 1 aliphatic rings. The van der Waals surface area contributed by atoms with Gasteiger partial charge in [0.05, 0.1) is 18.8 Å². The van der Waals surface area contributed by atoms with Gasteiger partial charge in [0.25, 0.3) is 0 Å². The Balaban J connectivity index is 2.51. The van der Waals surface area contributed by atoms with Gasteiger partial charge in [-0.3, -0.25) is 0 Å². The van der Waals surface area contributed by atoms with E-state index in [1.54, 1.807) is 0 Å². The van der Waals surface area contributed by atoms with E-state index in [9.17, 15) is 5.11 Å². The Hall–Kier alpha value is -0.770. The van der Waals surface area contributed by atoms with Gasteiger partial charge in [-0.05, 0) is 24.3 Å². The molecular weight excluding hydrogens is 182 g/mol. The number of hydrogen-bond acceptors (Lipinski definition) is 3. The van der Waals surface area contributed by atoms with Crippen molar-refractivity contribution in [2.24, 2.45) is 11.0 Å². The predicted molar refractivity (Wildman–Crippen MR) is 52.6 cm³/mol. The summed E-state index contributed by atoms with van der Waals surface area (Å²) in [5.41, 5.74) is 8.25. The van der Waals surface area contributed by atoms with Gasteiger partial charge in [-0.1, -0.05) is 24.4 Å². The van der Waals surface area contributed by atoms with Gasteiger partial charge < -0.3 is 10.2 Å². The van der Waals surface area contributed by atoms with Crippen LogP contribution in [0.2, 0.25) is 0 Å². The van der Waals surface area contributed by atoms with Crippen LogP contribution >= 0.6 is 0 Å². The first-order chi connectivity index (χ1) is 6.79. The fraction of sp³-hybridized carbons (Fsp3) is 1.00. The van der Waals surface area contributed by atoms with Gasteiger partial charge in [-0.25, -0.2) is 0 Å². The van der Waals surface area contributed by atoms with Crippen molar-refractivity contribution in [3.8, 4) is 0 Å². The summed E-state index contributed by atoms with van der Waals surface area (Å²) >= 11 is 0. The Labute approximate surface area is 83.4 Å². The van der Waals surface area contributed by atoms with Crippen molar-refractivity contribution in [2.45, 2.75) is 44.2 Å². The van der Waals surface area contributed by atoms with Crippen molar-refractivity contribution >= 4 is 0 Å². The molecule has 5 heteroatoms. The van der Waals surface area contributed by atoms with Crippen LogP contribution in [-0.4, -0.2) is 29.0 Å². The Bertz CT molecular complexity index is 210. The van der Waals surface area contributed by atoms with Gasteiger partial charge >= 0.3 is 0 Å². The quantitative estimate of drug-likeness (QED) is 0.409. The summed E-state index contributed by atoms with van der Waals surface area (Å²) in [7, 11) is 0. The maximum atomic E-state index is 9.84. The lowest BCUT2D eigenvalue weighted by atomic mass is 9.83. The van der Waals surface area contributed by atoms with Gasteiger partial charge in [0.1, 0.15) is 0 Å². The van der Waals surface area contributed by atoms with Crippen LogP contribution in [0.15, 0.2) is 5.11 Å². The third-order valence-corrected chi connectivity index (χ3v) is 2.91. The number of nitrogens with zero attached hydrogens (tertiary/aromatic N) is 3. The van der Waals surface area contributed by atoms with E-state index in [-0.39, 0.29) is 12.5 Å². The standard InChI is InChI=1S/C9H17N3O2/c10-12-11-8(6-13)9(14)7-4-2-1-3-5-7/h7-9,13-14H,1-6H2/t8-,9+/m0/s1. The fourth-order valence-electron chi connectivity index (χ4n) is 2.07. The summed E-state index contributed by atoms with van der Waals surface area (Å²) in [6.45, 7) is -0.276. The van der Waals surface area contributed by atoms with Crippen molar-refractivity contribution in [2.75, 3.05) is 6.61 Å². The van der Waals surface area contributed by atoms with E-state index in [4.69, 9.17) is 10.6 Å². The maximum Gasteiger partial charge on any atom is 0.0867 e. The van der Waals surface area contributed by atoms with E-state index in [2.05, 4.69) is 10.0 Å². The van der Waals surface area contributed by atoms with Crippen molar-refractivity contribution in [3.63, 3.8) is 0 Å². The largest absolute Gasteiger partial charge is 0.396 e. The minimum absolute atomic E-state index is 0.186. The normalized spacial score (nSPS) is 22.4. The molecule has 1 saturated carbocycles. The molecule has 0 saturated heterocycles. The topological polar surface area (TPSA) is 89.2 Å². The van der Waals surface area contributed by atoms with Crippen LogP contribution in [0.3, 0.4) is 0 Å². The molecule has 0 aromatic carbocycles. The van der Waals surface area contributed by atoms with Crippen LogP contribution in [0, 0.1) is 5.92 Å². The summed E-state index contributed by atoms with van der Waals surface area (Å²) in [5.74, 6) is 0.186. The first-order valence-corrected chi connectivity index (χ1v) is 5.12. The van der Waals surface area contributed by atoms with E-state index < -0.39 is 12.1 Å². The molecule has 5 nitrogen and oxygen atoms in total. The Morgan fingerprint density at radius 1 is 1.36 bits per heavy atom. The van der Waals surface area contributed by atoms with Gasteiger partial charge in [0.2, 0.25) is 0 Å². The second-order valence-corrected chi connectivity index (χ2v) is 3.84. The average Bonchev–Trinajstić information content (AvgIpc) is 2.26. The van der Waals surface area contributed by atoms with Gasteiger partial charge in [0, 0.05) is 4.91 Å². The van der Waals surface area contributed by atoms with Crippen molar-refractivity contribution in [3.05, 3.63) is 10.4 Å². The highest BCUT2D eigenvalue weighted by Gasteiger charge is 2.27. The van der Waals surface area contributed by atoms with E-state index in [0.717, 1.165) is 25.7 Å². The lowest BCUT2D eigenvalue weighted by molar-refractivity contribution is 0.0429. The summed E-state index contributed by atoms with van der Waals surface area (Å²) in [6.07, 6.45) is 4.72. The zero-order valence-corrected chi connectivity index (χ0v) is 8.21. The molecule has 1 fully saturated rings. The maximum absolute atomic E-state index is 9.84. The van der Waals surface area contributed by atoms with E-state index in [1.165, 1.54) is 6.42 Å². The smallest absolute Gasteiger partial charge is 0.0867 e. The number of hydrogen-bond donors (Lipinski definition) is 2. The predicted octanol–water partition coefficient (Wildman–Crippen LogP) is 1.60.